The molecule has 5 heteroatoms. The lowest BCUT2D eigenvalue weighted by Crippen LogP contribution is -2.51. The van der Waals surface area contributed by atoms with E-state index in [-0.39, 0.29) is 30.1 Å². The Morgan fingerprint density at radius 2 is 1.62 bits per heavy atom. The van der Waals surface area contributed by atoms with E-state index in [0.717, 1.165) is 24.8 Å². The van der Waals surface area contributed by atoms with Crippen LogP contribution in [-0.4, -0.2) is 35.7 Å². The Bertz CT molecular complexity index is 782. The zero-order chi connectivity index (χ0) is 20.0. The van der Waals surface area contributed by atoms with E-state index in [2.05, 4.69) is 0 Å². The van der Waals surface area contributed by atoms with Gasteiger partial charge in [0, 0.05) is 24.9 Å². The summed E-state index contributed by atoms with van der Waals surface area (Å²) in [6.07, 6.45) is 7.00. The molecule has 6 rings (SSSR count). The summed E-state index contributed by atoms with van der Waals surface area (Å²) in [6.45, 7) is 0.766. The van der Waals surface area contributed by atoms with Crippen LogP contribution >= 0.6 is 0 Å². The van der Waals surface area contributed by atoms with Gasteiger partial charge in [0.15, 0.2) is 12.4 Å². The molecule has 5 aliphatic rings. The van der Waals surface area contributed by atoms with Crippen LogP contribution in [0.3, 0.4) is 0 Å². The van der Waals surface area contributed by atoms with E-state index in [4.69, 9.17) is 4.74 Å². The molecule has 1 heterocycles. The molecular formula is C24H29NO4. The molecule has 29 heavy (non-hydrogen) atoms. The zero-order valence-corrected chi connectivity index (χ0v) is 16.8. The smallest absolute Gasteiger partial charge is 0.311 e. The molecule has 154 valence electrons. The highest BCUT2D eigenvalue weighted by atomic mass is 16.5. The number of rotatable bonds is 6. The summed E-state index contributed by atoms with van der Waals surface area (Å²) in [6, 6.07) is 9.78. The van der Waals surface area contributed by atoms with Crippen LogP contribution in [0.2, 0.25) is 0 Å². The van der Waals surface area contributed by atoms with Gasteiger partial charge in [0.1, 0.15) is 0 Å². The summed E-state index contributed by atoms with van der Waals surface area (Å²) in [5.74, 6) is 1.32. The van der Waals surface area contributed by atoms with Gasteiger partial charge in [-0.05, 0) is 61.8 Å². The molecule has 1 amide bonds. The second-order valence-corrected chi connectivity index (χ2v) is 9.89. The number of esters is 1. The summed E-state index contributed by atoms with van der Waals surface area (Å²) >= 11 is 0. The molecular weight excluding hydrogens is 366 g/mol. The fourth-order valence-electron chi connectivity index (χ4n) is 6.75. The highest BCUT2D eigenvalue weighted by Gasteiger charge is 2.54. The maximum Gasteiger partial charge on any atom is 0.311 e. The second-order valence-electron chi connectivity index (χ2n) is 9.89. The van der Waals surface area contributed by atoms with Crippen LogP contribution in [0.15, 0.2) is 30.3 Å². The lowest BCUT2D eigenvalue weighted by Gasteiger charge is -2.55. The zero-order valence-electron chi connectivity index (χ0n) is 16.8. The minimum absolute atomic E-state index is 0.0248. The van der Waals surface area contributed by atoms with E-state index in [0.29, 0.717) is 30.8 Å². The molecule has 1 saturated heterocycles. The summed E-state index contributed by atoms with van der Waals surface area (Å²) in [5.41, 5.74) is 0.812. The molecule has 1 atom stereocenters. The van der Waals surface area contributed by atoms with Crippen molar-refractivity contribution in [3.8, 4) is 0 Å². The average Bonchev–Trinajstić information content (AvgIpc) is 3.06. The van der Waals surface area contributed by atoms with Gasteiger partial charge in [-0.2, -0.15) is 0 Å². The van der Waals surface area contributed by atoms with Crippen molar-refractivity contribution >= 4 is 17.7 Å². The molecule has 5 fully saturated rings. The first-order chi connectivity index (χ1) is 14.0. The van der Waals surface area contributed by atoms with Crippen molar-refractivity contribution in [2.24, 2.45) is 29.1 Å². The van der Waals surface area contributed by atoms with Crippen LogP contribution in [0, 0.1) is 29.1 Å². The number of likely N-dealkylation sites (tertiary alicyclic amines) is 1. The van der Waals surface area contributed by atoms with Gasteiger partial charge < -0.3 is 9.64 Å². The Morgan fingerprint density at radius 1 is 1.00 bits per heavy atom. The summed E-state index contributed by atoms with van der Waals surface area (Å²) in [7, 11) is 0. The lowest BCUT2D eigenvalue weighted by molar-refractivity contribution is -0.160. The highest BCUT2D eigenvalue weighted by Crippen LogP contribution is 2.60. The minimum Gasteiger partial charge on any atom is -0.457 e. The van der Waals surface area contributed by atoms with Gasteiger partial charge in [-0.25, -0.2) is 0 Å². The van der Waals surface area contributed by atoms with Crippen molar-refractivity contribution in [1.29, 1.82) is 0 Å². The maximum absolute atomic E-state index is 13.0. The third-order valence-electron chi connectivity index (χ3n) is 7.74. The van der Waals surface area contributed by atoms with Gasteiger partial charge >= 0.3 is 5.97 Å². The first kappa shape index (κ1) is 18.8. The van der Waals surface area contributed by atoms with Crippen molar-refractivity contribution in [1.82, 2.24) is 4.90 Å². The van der Waals surface area contributed by atoms with Gasteiger partial charge in [0.25, 0.3) is 0 Å². The number of carbonyl (C=O) groups excluding carboxylic acids is 3. The van der Waals surface area contributed by atoms with E-state index < -0.39 is 11.9 Å². The lowest BCUT2D eigenvalue weighted by atomic mass is 9.48. The number of benzene rings is 1. The van der Waals surface area contributed by atoms with Crippen molar-refractivity contribution in [3.05, 3.63) is 35.9 Å². The molecule has 4 saturated carbocycles. The van der Waals surface area contributed by atoms with Crippen LogP contribution in [0.25, 0.3) is 0 Å². The van der Waals surface area contributed by atoms with Gasteiger partial charge in [-0.15, -0.1) is 0 Å². The van der Waals surface area contributed by atoms with Crippen molar-refractivity contribution in [2.75, 3.05) is 13.2 Å². The minimum atomic E-state index is -0.463. The standard InChI is InChI=1S/C24H29NO4/c26-21(24-10-17-6-18(11-24)8-19(7-17)12-24)15-29-23(28)20-9-22(27)25(14-20)13-16-4-2-1-3-5-16/h1-5,17-20H,6-15H2/t17?,18?,19?,20-,24?/m1/s1. The molecule has 0 spiro atoms. The molecule has 4 bridgehead atoms. The Labute approximate surface area is 171 Å². The fourth-order valence-corrected chi connectivity index (χ4v) is 6.75. The molecule has 1 aliphatic heterocycles. The van der Waals surface area contributed by atoms with Crippen molar-refractivity contribution < 1.29 is 19.1 Å². The van der Waals surface area contributed by atoms with E-state index in [1.54, 1.807) is 4.90 Å². The number of nitrogens with zero attached hydrogens (tertiary/aromatic N) is 1. The van der Waals surface area contributed by atoms with E-state index in [9.17, 15) is 14.4 Å². The van der Waals surface area contributed by atoms with E-state index in [1.807, 2.05) is 30.3 Å². The first-order valence-electron chi connectivity index (χ1n) is 11.0. The van der Waals surface area contributed by atoms with Crippen molar-refractivity contribution in [3.63, 3.8) is 0 Å². The molecule has 5 nitrogen and oxygen atoms in total. The molecule has 0 radical (unpaired) electrons. The number of hydrogen-bond donors (Lipinski definition) is 0. The third kappa shape index (κ3) is 3.60. The molecule has 0 unspecified atom stereocenters. The predicted octanol–water partition coefficient (Wildman–Crippen LogP) is 3.36. The largest absolute Gasteiger partial charge is 0.457 e. The van der Waals surface area contributed by atoms with Crippen LogP contribution < -0.4 is 0 Å². The first-order valence-corrected chi connectivity index (χ1v) is 11.0. The highest BCUT2D eigenvalue weighted by molar-refractivity contribution is 5.90. The normalized spacial score (nSPS) is 35.2. The fraction of sp³-hybridized carbons (Fsp3) is 0.625. The maximum atomic E-state index is 13.0. The van der Waals surface area contributed by atoms with E-state index >= 15 is 0 Å². The molecule has 4 aliphatic carbocycles. The molecule has 1 aromatic carbocycles. The quantitative estimate of drug-likeness (QED) is 0.693. The van der Waals surface area contributed by atoms with Gasteiger partial charge in [-0.1, -0.05) is 30.3 Å². The van der Waals surface area contributed by atoms with Gasteiger partial charge in [0.05, 0.1) is 5.92 Å². The van der Waals surface area contributed by atoms with Crippen LogP contribution in [-0.2, 0) is 25.7 Å². The topological polar surface area (TPSA) is 63.7 Å². The number of amides is 1. The Morgan fingerprint density at radius 3 is 2.24 bits per heavy atom. The van der Waals surface area contributed by atoms with Crippen LogP contribution in [0.4, 0.5) is 0 Å². The number of hydrogen-bond acceptors (Lipinski definition) is 4. The Balaban J connectivity index is 1.15. The Hall–Kier alpha value is -2.17. The number of carbonyl (C=O) groups is 3. The number of Topliss-reactive ketones (excluding diaryl/α,β-unsaturated/α-hetero) is 1. The van der Waals surface area contributed by atoms with Crippen LogP contribution in [0.5, 0.6) is 0 Å². The summed E-state index contributed by atoms with van der Waals surface area (Å²) in [4.78, 5) is 39.6. The number of ether oxygens (including phenoxy) is 1. The summed E-state index contributed by atoms with van der Waals surface area (Å²) < 4.78 is 5.46. The molecule has 0 N–H and O–H groups in total. The van der Waals surface area contributed by atoms with Gasteiger partial charge in [0.2, 0.25) is 5.91 Å². The summed E-state index contributed by atoms with van der Waals surface area (Å²) in [5, 5.41) is 0. The SMILES string of the molecule is O=C(OCC(=O)C12CC3CC(CC(C3)C1)C2)[C@@H]1CC(=O)N(Cc2ccccc2)C1. The third-order valence-corrected chi connectivity index (χ3v) is 7.74. The predicted molar refractivity (Wildman–Crippen MR) is 107 cm³/mol. The van der Waals surface area contributed by atoms with Crippen LogP contribution in [0.1, 0.15) is 50.5 Å². The monoisotopic (exact) mass is 395 g/mol. The van der Waals surface area contributed by atoms with E-state index in [1.165, 1.54) is 19.3 Å². The van der Waals surface area contributed by atoms with Crippen molar-refractivity contribution in [2.45, 2.75) is 51.5 Å². The molecule has 1 aromatic rings. The van der Waals surface area contributed by atoms with Gasteiger partial charge in [-0.3, -0.25) is 14.4 Å². The second kappa shape index (κ2) is 7.26. The molecule has 0 aromatic heterocycles. The Kier molecular flexibility index (Phi) is 4.72. The average molecular weight is 395 g/mol. The number of ketones is 1.